The van der Waals surface area contributed by atoms with E-state index in [2.05, 4.69) is 9.80 Å². The summed E-state index contributed by atoms with van der Waals surface area (Å²) in [6, 6.07) is 1.81. The molecule has 0 aromatic rings. The molecule has 4 rings (SSSR count). The predicted molar refractivity (Wildman–Crippen MR) is 76.2 cm³/mol. The van der Waals surface area contributed by atoms with Gasteiger partial charge in [0.25, 0.3) is 0 Å². The lowest BCUT2D eigenvalue weighted by Gasteiger charge is -2.28. The highest BCUT2D eigenvalue weighted by Crippen LogP contribution is 2.37. The van der Waals surface area contributed by atoms with Crippen molar-refractivity contribution in [2.75, 3.05) is 39.4 Å². The molecule has 0 spiro atoms. The summed E-state index contributed by atoms with van der Waals surface area (Å²) >= 11 is 0. The minimum atomic E-state index is 0.905. The number of fused-ring (bicyclic) bond motifs is 4. The second kappa shape index (κ2) is 5.34. The van der Waals surface area contributed by atoms with Crippen LogP contribution in [0.25, 0.3) is 0 Å². The highest BCUT2D eigenvalue weighted by molar-refractivity contribution is 4.92. The van der Waals surface area contributed by atoms with Gasteiger partial charge in [0.2, 0.25) is 0 Å². The first-order valence-electron chi connectivity index (χ1n) is 8.44. The minimum absolute atomic E-state index is 0.905. The summed E-state index contributed by atoms with van der Waals surface area (Å²) in [6.45, 7) is 6.95. The molecule has 108 valence electrons. The quantitative estimate of drug-likeness (QED) is 0.682. The summed E-state index contributed by atoms with van der Waals surface area (Å²) in [5, 5.41) is 0. The Kier molecular flexibility index (Phi) is 3.55. The standard InChI is InChI=1S/C16H28N2O/c1-3-15-9-13(1)11-17(15)5-7-19-8-6-18-12-14-2-4-16(18)10-14/h13-16H,1-12H2. The molecule has 0 aromatic carbocycles. The Morgan fingerprint density at radius 1 is 0.737 bits per heavy atom. The fraction of sp³-hybridized carbons (Fsp3) is 1.00. The van der Waals surface area contributed by atoms with Crippen LogP contribution in [0, 0.1) is 11.8 Å². The predicted octanol–water partition coefficient (Wildman–Crippen LogP) is 1.97. The molecule has 2 saturated heterocycles. The van der Waals surface area contributed by atoms with Crippen molar-refractivity contribution in [2.24, 2.45) is 11.8 Å². The van der Waals surface area contributed by atoms with Crippen LogP contribution in [-0.2, 0) is 4.74 Å². The Balaban J connectivity index is 1.10. The third-order valence-corrected chi connectivity index (χ3v) is 6.09. The van der Waals surface area contributed by atoms with E-state index in [9.17, 15) is 0 Å². The van der Waals surface area contributed by atoms with E-state index in [1.165, 1.54) is 64.7 Å². The largest absolute Gasteiger partial charge is 0.379 e. The van der Waals surface area contributed by atoms with Gasteiger partial charge in [-0.15, -0.1) is 0 Å². The van der Waals surface area contributed by atoms with Gasteiger partial charge >= 0.3 is 0 Å². The lowest BCUT2D eigenvalue weighted by molar-refractivity contribution is 0.0681. The van der Waals surface area contributed by atoms with E-state index in [1.807, 2.05) is 0 Å². The Morgan fingerprint density at radius 2 is 1.26 bits per heavy atom. The van der Waals surface area contributed by atoms with Crippen molar-refractivity contribution in [1.29, 1.82) is 0 Å². The molecule has 4 atom stereocenters. The third kappa shape index (κ3) is 2.57. The monoisotopic (exact) mass is 264 g/mol. The molecule has 0 radical (unpaired) electrons. The SMILES string of the molecule is C(CN1CC2CCC1C2)OCCN1CC2CCC1C2. The van der Waals surface area contributed by atoms with Crippen molar-refractivity contribution in [3.05, 3.63) is 0 Å². The van der Waals surface area contributed by atoms with Gasteiger partial charge in [-0.3, -0.25) is 9.80 Å². The van der Waals surface area contributed by atoms with Gasteiger partial charge in [-0.1, -0.05) is 0 Å². The molecular formula is C16H28N2O. The molecule has 3 heteroatoms. The minimum Gasteiger partial charge on any atom is -0.379 e. The van der Waals surface area contributed by atoms with E-state index in [0.717, 1.165) is 37.1 Å². The van der Waals surface area contributed by atoms with E-state index in [-0.39, 0.29) is 0 Å². The van der Waals surface area contributed by atoms with Gasteiger partial charge in [-0.25, -0.2) is 0 Å². The Bertz CT molecular complexity index is 292. The van der Waals surface area contributed by atoms with E-state index in [4.69, 9.17) is 4.74 Å². The number of piperidine rings is 2. The summed E-state index contributed by atoms with van der Waals surface area (Å²) in [7, 11) is 0. The van der Waals surface area contributed by atoms with Crippen LogP contribution in [0.15, 0.2) is 0 Å². The van der Waals surface area contributed by atoms with Gasteiger partial charge in [-0.05, 0) is 50.4 Å². The summed E-state index contributed by atoms with van der Waals surface area (Å²) in [5.74, 6) is 2.04. The Labute approximate surface area is 117 Å². The van der Waals surface area contributed by atoms with Crippen molar-refractivity contribution in [2.45, 2.75) is 50.6 Å². The van der Waals surface area contributed by atoms with E-state index in [0.29, 0.717) is 0 Å². The summed E-state index contributed by atoms with van der Waals surface area (Å²) in [5.41, 5.74) is 0. The molecule has 2 aliphatic carbocycles. The molecule has 2 saturated carbocycles. The van der Waals surface area contributed by atoms with Crippen LogP contribution in [-0.4, -0.2) is 61.3 Å². The van der Waals surface area contributed by atoms with Crippen molar-refractivity contribution >= 4 is 0 Å². The van der Waals surface area contributed by atoms with Gasteiger partial charge in [0.1, 0.15) is 0 Å². The van der Waals surface area contributed by atoms with Crippen LogP contribution in [0.1, 0.15) is 38.5 Å². The molecule has 3 nitrogen and oxygen atoms in total. The first-order chi connectivity index (χ1) is 9.38. The number of nitrogens with zero attached hydrogens (tertiary/aromatic N) is 2. The fourth-order valence-corrected chi connectivity index (χ4v) is 5.07. The smallest absolute Gasteiger partial charge is 0.0594 e. The molecule has 2 aliphatic heterocycles. The molecule has 4 bridgehead atoms. The topological polar surface area (TPSA) is 15.7 Å². The highest BCUT2D eigenvalue weighted by atomic mass is 16.5. The first-order valence-corrected chi connectivity index (χ1v) is 8.44. The zero-order chi connectivity index (χ0) is 12.7. The number of hydrogen-bond acceptors (Lipinski definition) is 3. The second-order valence-corrected chi connectivity index (χ2v) is 7.27. The molecule has 19 heavy (non-hydrogen) atoms. The van der Waals surface area contributed by atoms with Crippen molar-refractivity contribution in [3.8, 4) is 0 Å². The molecular weight excluding hydrogens is 236 g/mol. The maximum absolute atomic E-state index is 5.89. The molecule has 0 N–H and O–H groups in total. The van der Waals surface area contributed by atoms with E-state index < -0.39 is 0 Å². The maximum atomic E-state index is 5.89. The van der Waals surface area contributed by atoms with Gasteiger partial charge in [0.05, 0.1) is 13.2 Å². The van der Waals surface area contributed by atoms with Crippen molar-refractivity contribution in [1.82, 2.24) is 9.80 Å². The van der Waals surface area contributed by atoms with Gasteiger partial charge < -0.3 is 4.74 Å². The normalized spacial score (nSPS) is 41.7. The summed E-state index contributed by atoms with van der Waals surface area (Å²) < 4.78 is 5.89. The summed E-state index contributed by atoms with van der Waals surface area (Å²) in [4.78, 5) is 5.35. The van der Waals surface area contributed by atoms with Gasteiger partial charge in [0.15, 0.2) is 0 Å². The van der Waals surface area contributed by atoms with Crippen LogP contribution >= 0.6 is 0 Å². The highest BCUT2D eigenvalue weighted by Gasteiger charge is 2.38. The molecule has 4 aliphatic rings. The number of rotatable bonds is 6. The molecule has 0 aromatic heterocycles. The average molecular weight is 264 g/mol. The molecule has 2 heterocycles. The van der Waals surface area contributed by atoms with Crippen LogP contribution < -0.4 is 0 Å². The fourth-order valence-electron chi connectivity index (χ4n) is 5.07. The first kappa shape index (κ1) is 12.6. The number of hydrogen-bond donors (Lipinski definition) is 0. The molecule has 4 unspecified atom stereocenters. The second-order valence-electron chi connectivity index (χ2n) is 7.27. The van der Waals surface area contributed by atoms with Crippen LogP contribution in [0.3, 0.4) is 0 Å². The molecule has 0 amide bonds. The van der Waals surface area contributed by atoms with Gasteiger partial charge in [0, 0.05) is 38.3 Å². The van der Waals surface area contributed by atoms with Crippen LogP contribution in [0.2, 0.25) is 0 Å². The third-order valence-electron chi connectivity index (χ3n) is 6.09. The number of likely N-dealkylation sites (tertiary alicyclic amines) is 2. The molecule has 4 fully saturated rings. The van der Waals surface area contributed by atoms with Crippen molar-refractivity contribution in [3.63, 3.8) is 0 Å². The zero-order valence-electron chi connectivity index (χ0n) is 12.1. The van der Waals surface area contributed by atoms with E-state index in [1.54, 1.807) is 0 Å². The summed E-state index contributed by atoms with van der Waals surface area (Å²) in [6.07, 6.45) is 8.80. The number of ether oxygens (including phenoxy) is 1. The Morgan fingerprint density at radius 3 is 1.63 bits per heavy atom. The van der Waals surface area contributed by atoms with E-state index >= 15 is 0 Å². The maximum Gasteiger partial charge on any atom is 0.0594 e. The lowest BCUT2D eigenvalue weighted by atomic mass is 10.1. The van der Waals surface area contributed by atoms with Crippen LogP contribution in [0.4, 0.5) is 0 Å². The Hall–Kier alpha value is -0.120. The van der Waals surface area contributed by atoms with Crippen molar-refractivity contribution < 1.29 is 4.74 Å². The average Bonchev–Trinajstić information content (AvgIpc) is 3.18. The lowest BCUT2D eigenvalue weighted by Crippen LogP contribution is -2.37. The van der Waals surface area contributed by atoms with Gasteiger partial charge in [-0.2, -0.15) is 0 Å². The zero-order valence-corrected chi connectivity index (χ0v) is 12.1. The van der Waals surface area contributed by atoms with Crippen LogP contribution in [0.5, 0.6) is 0 Å².